The van der Waals surface area contributed by atoms with E-state index in [1.165, 1.54) is 166 Å². The molecule has 137 heavy (non-hydrogen) atoms. The van der Waals surface area contributed by atoms with E-state index in [2.05, 4.69) is 425 Å². The Hall–Kier alpha value is -16.4. The van der Waals surface area contributed by atoms with E-state index >= 15 is 0 Å². The SMILES string of the molecule is c1ccc(-c2ccc(-c3nc(-c4ccc5c(ccc6c7ccccc7ccc56)c4)nc(-c4cccc5c4[se]c4ccccc45)n3)cc2)cc1.c1ccc(-c2nc(-c3ccc4c(ccc5c6ccccc6ccc45)c3)nc(-c3cccc4c3[se]c3ccccc34)n2)cc1.c1ccc2c(c1)ccc1c3cc(-c4nc(-c5cccc6c5[se]c5ccccc56)c5ccc6ccccc6c5n4)ccc3ccc21. The van der Waals surface area contributed by atoms with Gasteiger partial charge >= 0.3 is 727 Å². The second-order valence-electron chi connectivity index (χ2n) is 35.0. The van der Waals surface area contributed by atoms with Gasteiger partial charge in [0.25, 0.3) is 0 Å². The summed E-state index contributed by atoms with van der Waals surface area (Å²) < 4.78 is 8.31. The van der Waals surface area contributed by atoms with Gasteiger partial charge in [0.15, 0.2) is 0 Å². The van der Waals surface area contributed by atoms with E-state index in [0.717, 1.165) is 83.5 Å². The fraction of sp³-hybridized carbons (Fsp3) is 0. The van der Waals surface area contributed by atoms with Crippen molar-refractivity contribution in [3.63, 3.8) is 0 Å². The molecule has 0 bridgehead atoms. The number of hydrogen-bond acceptors (Lipinski definition) is 8. The molecule has 0 atom stereocenters. The van der Waals surface area contributed by atoms with E-state index in [1.807, 2.05) is 24.3 Å². The summed E-state index contributed by atoms with van der Waals surface area (Å²) in [5.41, 5.74) is 12.7. The molecule has 6 aromatic heterocycles. The predicted molar refractivity (Wildman–Crippen MR) is 579 cm³/mol. The van der Waals surface area contributed by atoms with Crippen molar-refractivity contribution in [3.05, 3.63) is 449 Å². The van der Waals surface area contributed by atoms with Crippen LogP contribution in [0.4, 0.5) is 0 Å². The molecule has 8 nitrogen and oxygen atoms in total. The minimum absolute atomic E-state index is 0.168. The molecule has 0 aliphatic rings. The fourth-order valence-corrected chi connectivity index (χ4v) is 28.0. The Morgan fingerprint density at radius 3 is 0.861 bits per heavy atom. The van der Waals surface area contributed by atoms with E-state index in [0.29, 0.717) is 29.1 Å². The summed E-state index contributed by atoms with van der Waals surface area (Å²) in [5, 5.41) is 33.7. The molecule has 0 saturated carbocycles. The Labute approximate surface area is 804 Å². The van der Waals surface area contributed by atoms with Gasteiger partial charge in [0.05, 0.1) is 0 Å². The number of rotatable bonds is 9. The monoisotopic (exact) mass is 1940 g/mol. The van der Waals surface area contributed by atoms with Gasteiger partial charge in [-0.05, 0) is 10.8 Å². The van der Waals surface area contributed by atoms with Crippen LogP contribution in [0.3, 0.4) is 0 Å². The average molecular weight is 1940 g/mol. The molecule has 0 radical (unpaired) electrons. The van der Waals surface area contributed by atoms with Crippen LogP contribution in [-0.2, 0) is 0 Å². The third-order valence-corrected chi connectivity index (χ3v) is 34.8. The first kappa shape index (κ1) is 80.2. The molecule has 0 unspecified atom stereocenters. The Bertz CT molecular complexity index is 10000. The molecule has 6 heterocycles. The van der Waals surface area contributed by atoms with Crippen molar-refractivity contribution >= 4 is 220 Å². The predicted octanol–water partition coefficient (Wildman–Crippen LogP) is 32.0. The Balaban J connectivity index is 0.000000104. The van der Waals surface area contributed by atoms with Crippen molar-refractivity contribution in [1.29, 1.82) is 0 Å². The number of benzene rings is 23. The molecule has 29 rings (SSSR count). The number of hydrogen-bond donors (Lipinski definition) is 0. The summed E-state index contributed by atoms with van der Waals surface area (Å²) in [6.45, 7) is 0. The summed E-state index contributed by atoms with van der Waals surface area (Å²) >= 11 is 0.568. The number of fused-ring (bicyclic) bond motifs is 27. The Morgan fingerprint density at radius 2 is 0.401 bits per heavy atom. The first-order valence-corrected chi connectivity index (χ1v) is 51.2. The van der Waals surface area contributed by atoms with Crippen LogP contribution in [0.1, 0.15) is 0 Å². The topological polar surface area (TPSA) is 103 Å². The molecule has 0 fully saturated rings. The fourth-order valence-electron chi connectivity index (χ4n) is 20.4. The second kappa shape index (κ2) is 33.3. The van der Waals surface area contributed by atoms with Gasteiger partial charge < -0.3 is 0 Å². The first-order chi connectivity index (χ1) is 67.9. The molecule has 0 aliphatic carbocycles. The molecular formula is C126H74N8Se3. The van der Waals surface area contributed by atoms with Crippen LogP contribution in [0, 0.1) is 0 Å². The average Bonchev–Trinajstić information content (AvgIpc) is 1.66. The van der Waals surface area contributed by atoms with Crippen molar-refractivity contribution in [2.75, 3.05) is 0 Å². The third-order valence-electron chi connectivity index (χ3n) is 27.1. The van der Waals surface area contributed by atoms with Crippen molar-refractivity contribution in [2.45, 2.75) is 0 Å². The summed E-state index contributed by atoms with van der Waals surface area (Å²) in [7, 11) is 0. The van der Waals surface area contributed by atoms with E-state index in [9.17, 15) is 0 Å². The molecule has 636 valence electrons. The van der Waals surface area contributed by atoms with Gasteiger partial charge in [0, 0.05) is 0 Å². The molecule has 0 aliphatic heterocycles. The molecule has 0 spiro atoms. The van der Waals surface area contributed by atoms with E-state index in [4.69, 9.17) is 39.9 Å². The maximum absolute atomic E-state index is 5.42. The summed E-state index contributed by atoms with van der Waals surface area (Å²) in [5.74, 6) is 4.91. The zero-order chi connectivity index (χ0) is 90.1. The molecular weight excluding hydrogens is 1860 g/mol. The van der Waals surface area contributed by atoms with Crippen molar-refractivity contribution < 1.29 is 0 Å². The molecule has 29 aromatic rings. The van der Waals surface area contributed by atoms with E-state index < -0.39 is 0 Å². The van der Waals surface area contributed by atoms with Crippen LogP contribution in [0.2, 0.25) is 0 Å². The van der Waals surface area contributed by atoms with Gasteiger partial charge in [-0.2, -0.15) is 0 Å². The summed E-state index contributed by atoms with van der Waals surface area (Å²) in [4.78, 5) is 41.5. The van der Waals surface area contributed by atoms with Gasteiger partial charge in [-0.3, -0.25) is 0 Å². The zero-order valence-electron chi connectivity index (χ0n) is 73.5. The van der Waals surface area contributed by atoms with Crippen LogP contribution >= 0.6 is 0 Å². The Morgan fingerprint density at radius 1 is 0.131 bits per heavy atom. The van der Waals surface area contributed by atoms with Crippen LogP contribution in [0.25, 0.3) is 279 Å². The second-order valence-corrected chi connectivity index (χ2v) is 41.6. The van der Waals surface area contributed by atoms with Gasteiger partial charge in [-0.25, -0.2) is 0 Å². The van der Waals surface area contributed by atoms with Crippen molar-refractivity contribution in [2.24, 2.45) is 0 Å². The van der Waals surface area contributed by atoms with Crippen molar-refractivity contribution in [3.8, 4) is 102 Å². The van der Waals surface area contributed by atoms with Gasteiger partial charge in [0.2, 0.25) is 0 Å². The molecule has 11 heteroatoms. The van der Waals surface area contributed by atoms with E-state index in [-0.39, 0.29) is 43.5 Å². The van der Waals surface area contributed by atoms with E-state index in [1.54, 1.807) is 0 Å². The van der Waals surface area contributed by atoms with Crippen LogP contribution in [0.5, 0.6) is 0 Å². The summed E-state index contributed by atoms with van der Waals surface area (Å²) in [6.07, 6.45) is 0. The molecule has 23 aromatic carbocycles. The molecule has 0 N–H and O–H groups in total. The summed E-state index contributed by atoms with van der Waals surface area (Å²) in [6, 6.07) is 161. The van der Waals surface area contributed by atoms with Crippen LogP contribution < -0.4 is 0 Å². The zero-order valence-corrected chi connectivity index (χ0v) is 78.7. The molecule has 0 amide bonds. The minimum atomic E-state index is 0.168. The van der Waals surface area contributed by atoms with Gasteiger partial charge in [0.1, 0.15) is 0 Å². The van der Waals surface area contributed by atoms with Gasteiger partial charge in [-0.15, -0.1) is 0 Å². The molecule has 0 saturated heterocycles. The maximum atomic E-state index is 5.42. The van der Waals surface area contributed by atoms with Gasteiger partial charge in [-0.1, -0.05) is 72.8 Å². The standard InChI is InChI=1S/C45H27N3Se.C42H24N2Se.C39H23N3Se/c1-2-9-28(10-3-1)29-17-19-31(20-18-29)43-46-44(48-45(47-43)40-15-8-14-39-38-13-6-7-16-41(38)49-42(39)40)33-23-24-35-32(27-33)22-26-36-34-12-5-4-11-30(34)21-25-37(35)36;1-3-10-29-25(8-1)18-22-32-31(29)21-19-27-16-17-28(24-37(27)32)42-43-39-30-11-4-2-9-26(30)20-23-35(39)40(44-42)36-14-7-13-34-33-12-5-6-15-38(33)45-41(34)36;1-2-10-25(11-3-1)37-40-38(42-39(41-37)34-15-8-14-33-32-13-6-7-16-35(32)43-36(33)34)27-19-20-29-26(23-27)18-22-30-28-12-5-4-9-24(28)17-21-31(29)30/h1-27H;1-24H;1-23H. The van der Waals surface area contributed by atoms with Crippen LogP contribution in [0.15, 0.2) is 449 Å². The quantitative estimate of drug-likeness (QED) is 0.104. The normalized spacial score (nSPS) is 11.8. The first-order valence-electron chi connectivity index (χ1n) is 46.1. The Kier molecular flexibility index (Phi) is 19.5. The van der Waals surface area contributed by atoms with Crippen LogP contribution in [-0.4, -0.2) is 83.4 Å². The number of nitrogens with zero attached hydrogens (tertiary/aromatic N) is 8. The van der Waals surface area contributed by atoms with Crippen molar-refractivity contribution in [1.82, 2.24) is 39.9 Å². The number of aromatic nitrogens is 8. The third kappa shape index (κ3) is 14.1.